The molecule has 0 spiro atoms. The molecule has 0 N–H and O–H groups in total. The third-order valence-corrected chi connectivity index (χ3v) is 14.9. The summed E-state index contributed by atoms with van der Waals surface area (Å²) in [7, 11) is 9.67. The van der Waals surface area contributed by atoms with Crippen LogP contribution in [0.5, 0.6) is 0 Å². The Bertz CT molecular complexity index is 2290. The predicted octanol–water partition coefficient (Wildman–Crippen LogP) is 4.15. The van der Waals surface area contributed by atoms with Crippen LogP contribution in [0.15, 0.2) is 91.3 Å². The molecule has 24 heteroatoms. The molecule has 0 radical (unpaired) electrons. The third kappa shape index (κ3) is 21.8. The Kier molecular flexibility index (Phi) is 27.2. The van der Waals surface area contributed by atoms with Crippen molar-refractivity contribution in [3.63, 3.8) is 0 Å². The highest BCUT2D eigenvalue weighted by Gasteiger charge is 2.44. The summed E-state index contributed by atoms with van der Waals surface area (Å²) in [5.74, 6) is -2.75. The summed E-state index contributed by atoms with van der Waals surface area (Å²) in [6.45, 7) is 4.08. The molecular weight excluding hydrogens is 1060 g/mol. The zero-order valence-electron chi connectivity index (χ0n) is 41.0. The monoisotopic (exact) mass is 1130 g/mol. The minimum atomic E-state index is -0.636. The molecule has 0 saturated heterocycles. The lowest BCUT2D eigenvalue weighted by Gasteiger charge is -2.25. The first kappa shape index (κ1) is 66.6. The normalized spacial score (nSPS) is 16.5. The van der Waals surface area contributed by atoms with Crippen molar-refractivity contribution in [1.29, 1.82) is 0 Å². The Morgan fingerprint density at radius 2 is 0.649 bits per heavy atom. The van der Waals surface area contributed by atoms with Crippen LogP contribution >= 0.6 is 73.3 Å². The van der Waals surface area contributed by atoms with Crippen LogP contribution in [0.2, 0.25) is 0 Å². The smallest absolute Gasteiger partial charge is 0.129 e. The first-order valence-corrected chi connectivity index (χ1v) is 25.0. The van der Waals surface area contributed by atoms with Crippen LogP contribution in [0, 0.1) is 22.7 Å². The van der Waals surface area contributed by atoms with Crippen molar-refractivity contribution in [2.75, 3.05) is 42.3 Å². The van der Waals surface area contributed by atoms with Crippen molar-refractivity contribution in [1.82, 2.24) is 30.1 Å². The summed E-state index contributed by atoms with van der Waals surface area (Å²) >= 11 is 31.5. The zero-order chi connectivity index (χ0) is 52.8. The summed E-state index contributed by atoms with van der Waals surface area (Å²) in [6.07, 6.45) is 7.00. The van der Waals surface area contributed by atoms with E-state index < -0.39 is 41.8 Å². The topological polar surface area (TPSA) is 232 Å². The van der Waals surface area contributed by atoms with E-state index in [2.05, 4.69) is 30.6 Å². The molecule has 0 aliphatic heterocycles. The maximum absolute atomic E-state index is 12.0. The Labute approximate surface area is 470 Å². The minimum Gasteiger partial charge on any atom is -0.860 e. The number of hydrazone groups is 6. The first-order valence-electron chi connectivity index (χ1n) is 22.6. The standard InChI is InChI=1S/C19H20N4O2S2.C15H24N4O2S2.C13H20N4O2S2.3CH4/c1-22(18(26)14-9-5-3-6-10-14)20-16(24)13-17(25)21-23(2)19(27)15-11-7-4-8-12-15;1-14(5-6-14)12(22)18(3)16-10(20)9-11(21)17-19(4)13(23)15(2)7-8-15;1-16(12(20)8-3-4-8)14-10(18)7-11(19)15-17(2)13(21)9-5-6-9;;;/h3-12H,13H2,1-2H3,(H,20,24)(H,21,25);5-9H2,1-4H3,(H,16,20)(H,17,21);8-9H,3-7H2,1-2H3,(H,14,18)(H,15,19);3*1H4/p-6. The van der Waals surface area contributed by atoms with Gasteiger partial charge in [0.15, 0.2) is 0 Å². The first-order chi connectivity index (χ1) is 33.3. The van der Waals surface area contributed by atoms with Gasteiger partial charge in [0.25, 0.3) is 0 Å². The van der Waals surface area contributed by atoms with E-state index in [1.165, 1.54) is 30.1 Å². The molecule has 0 aromatic heterocycles. The molecule has 0 atom stereocenters. The van der Waals surface area contributed by atoms with Gasteiger partial charge >= 0.3 is 0 Å². The quantitative estimate of drug-likeness (QED) is 0.0883. The molecule has 6 rings (SSSR count). The summed E-state index contributed by atoms with van der Waals surface area (Å²) in [5.41, 5.74) is 1.45. The van der Waals surface area contributed by atoms with E-state index in [1.54, 1.807) is 42.3 Å². The van der Waals surface area contributed by atoms with Crippen molar-refractivity contribution >= 4 is 139 Å². The Balaban J connectivity index is 0.000000548. The highest BCUT2D eigenvalue weighted by Crippen LogP contribution is 2.48. The Morgan fingerprint density at radius 1 is 0.419 bits per heavy atom. The molecule has 74 heavy (non-hydrogen) atoms. The molecule has 18 nitrogen and oxygen atoms in total. The fourth-order valence-corrected chi connectivity index (χ4v) is 7.59. The fraction of sp³-hybridized carbons (Fsp3) is 0.520. The van der Waals surface area contributed by atoms with Crippen LogP contribution in [0.3, 0.4) is 0 Å². The van der Waals surface area contributed by atoms with E-state index in [-0.39, 0.29) is 46.0 Å². The molecule has 0 bridgehead atoms. The lowest BCUT2D eigenvalue weighted by molar-refractivity contribution is -0.235. The van der Waals surface area contributed by atoms with Gasteiger partial charge in [-0.25, -0.2) is 0 Å². The van der Waals surface area contributed by atoms with Crippen LogP contribution in [-0.2, 0) is 0 Å². The number of nitrogens with zero attached hydrogens (tertiary/aromatic N) is 12. The predicted molar refractivity (Wildman–Crippen MR) is 312 cm³/mol. The second-order valence-corrected chi connectivity index (χ2v) is 20.3. The highest BCUT2D eigenvalue weighted by atomic mass is 32.1. The molecule has 4 saturated carbocycles. The number of hydrogen-bond donors (Lipinski definition) is 0. The number of thiocarbonyl (C=S) groups is 6. The van der Waals surface area contributed by atoms with Gasteiger partial charge in [0.05, 0.1) is 0 Å². The van der Waals surface area contributed by atoms with E-state index in [0.717, 1.165) is 62.5 Å². The van der Waals surface area contributed by atoms with Gasteiger partial charge in [-0.15, -0.1) is 0 Å². The average Bonchev–Trinajstić information content (AvgIpc) is 4.09. The van der Waals surface area contributed by atoms with Gasteiger partial charge < -0.3 is 30.6 Å². The average molecular weight is 1130 g/mol. The van der Waals surface area contributed by atoms with Crippen LogP contribution in [-0.4, -0.2) is 138 Å². The Hall–Kier alpha value is -5.40. The summed E-state index contributed by atoms with van der Waals surface area (Å²) in [4.78, 5) is 3.34. The van der Waals surface area contributed by atoms with Crippen molar-refractivity contribution in [3.05, 3.63) is 71.8 Å². The Morgan fingerprint density at radius 3 is 0.878 bits per heavy atom. The lowest BCUT2D eigenvalue weighted by atomic mass is 10.1. The maximum atomic E-state index is 12.0. The van der Waals surface area contributed by atoms with Crippen molar-refractivity contribution in [2.45, 2.75) is 107 Å². The molecular formula is C50H70N12O6S6-6. The molecule has 408 valence electrons. The molecule has 2 aromatic carbocycles. The SMILES string of the molecule is C.C.C.CN(/N=C(\[O-])C/C([O-])=N/N(C)C(=S)C1(C)CC1)C(=S)C1(C)CC1.CN(/N=C(\[O-])C/C([O-])=N/N(C)C(=S)C1CC1)C(=S)C1CC1.CN(/N=C(\[O-])C/C([O-])=N/N(C)C(=S)c1ccccc1)C(=S)c1ccccc1. The third-order valence-electron chi connectivity index (χ3n) is 11.2. The molecule has 0 amide bonds. The second-order valence-electron chi connectivity index (χ2n) is 17.9. The fourth-order valence-electron chi connectivity index (χ4n) is 6.19. The van der Waals surface area contributed by atoms with E-state index >= 15 is 0 Å². The van der Waals surface area contributed by atoms with Crippen molar-refractivity contribution in [3.8, 4) is 0 Å². The number of rotatable bonds is 18. The molecule has 4 aliphatic rings. The van der Waals surface area contributed by atoms with E-state index in [0.29, 0.717) is 41.8 Å². The molecule has 0 heterocycles. The molecule has 2 aromatic rings. The summed E-state index contributed by atoms with van der Waals surface area (Å²) < 4.78 is 0. The number of benzene rings is 2. The van der Waals surface area contributed by atoms with Crippen molar-refractivity contribution < 1.29 is 30.6 Å². The van der Waals surface area contributed by atoms with Gasteiger partial charge in [-0.3, -0.25) is 30.1 Å². The van der Waals surface area contributed by atoms with Crippen LogP contribution < -0.4 is 30.6 Å². The van der Waals surface area contributed by atoms with Crippen LogP contribution in [0.4, 0.5) is 0 Å². The van der Waals surface area contributed by atoms with Gasteiger partial charge in [-0.2, -0.15) is 30.6 Å². The van der Waals surface area contributed by atoms with Gasteiger partial charge in [0.1, 0.15) is 29.9 Å². The van der Waals surface area contributed by atoms with Gasteiger partial charge in [0.2, 0.25) is 0 Å². The van der Waals surface area contributed by atoms with E-state index in [9.17, 15) is 30.6 Å². The van der Waals surface area contributed by atoms with Gasteiger partial charge in [0, 0.05) is 95.3 Å². The largest absolute Gasteiger partial charge is 0.860 e. The van der Waals surface area contributed by atoms with E-state index in [4.69, 9.17) is 73.3 Å². The number of hydrogen-bond acceptors (Lipinski definition) is 18. The second kappa shape index (κ2) is 30.2. The molecule has 0 unspecified atom stereocenters. The molecule has 4 aliphatic carbocycles. The molecule has 4 fully saturated rings. The van der Waals surface area contributed by atoms with Crippen LogP contribution in [0.1, 0.15) is 118 Å². The maximum Gasteiger partial charge on any atom is 0.129 e. The summed E-state index contributed by atoms with van der Waals surface area (Å²) in [6, 6.07) is 18.4. The zero-order valence-corrected chi connectivity index (χ0v) is 45.9. The van der Waals surface area contributed by atoms with Crippen molar-refractivity contribution in [2.24, 2.45) is 53.3 Å². The lowest BCUT2D eigenvalue weighted by Crippen LogP contribution is -2.36. The highest BCUT2D eigenvalue weighted by molar-refractivity contribution is 7.81. The summed E-state index contributed by atoms with van der Waals surface area (Å²) in [5, 5.41) is 102. The van der Waals surface area contributed by atoms with E-state index in [1.807, 2.05) is 74.5 Å². The van der Waals surface area contributed by atoms with Gasteiger partial charge in [-0.1, -0.05) is 170 Å². The van der Waals surface area contributed by atoms with Gasteiger partial charge in [-0.05, 0) is 86.8 Å². The van der Waals surface area contributed by atoms with Crippen LogP contribution in [0.25, 0.3) is 0 Å². The minimum absolute atomic E-state index is 0.